The van der Waals surface area contributed by atoms with E-state index in [-0.39, 0.29) is 12.1 Å². The van der Waals surface area contributed by atoms with Gasteiger partial charge in [-0.25, -0.2) is 0 Å². The summed E-state index contributed by atoms with van der Waals surface area (Å²) in [5, 5.41) is 11.5. The van der Waals surface area contributed by atoms with Crippen molar-refractivity contribution in [2.45, 2.75) is 31.5 Å². The monoisotopic (exact) mass is 416 g/mol. The van der Waals surface area contributed by atoms with Crippen LogP contribution in [0.1, 0.15) is 18.6 Å². The Labute approximate surface area is 177 Å². The fourth-order valence-corrected chi connectivity index (χ4v) is 5.65. The van der Waals surface area contributed by atoms with Gasteiger partial charge >= 0.3 is 0 Å². The number of nitrogens with zero attached hydrogens (tertiary/aromatic N) is 2. The summed E-state index contributed by atoms with van der Waals surface area (Å²) in [5.74, 6) is 3.04. The fraction of sp³-hybridized carbons (Fsp3) is 0.565. The summed E-state index contributed by atoms with van der Waals surface area (Å²) in [7, 11) is 0. The molecule has 0 unspecified atom stereocenters. The topological polar surface area (TPSA) is 49.1 Å². The van der Waals surface area contributed by atoms with Crippen molar-refractivity contribution >= 4 is 11.6 Å². The van der Waals surface area contributed by atoms with Gasteiger partial charge in [0, 0.05) is 37.8 Å². The fourth-order valence-electron chi connectivity index (χ4n) is 5.42. The standard InChI is InChI=1S/C23H29ClN2O3/c24-20-4-2-1-3-19(20)23-6-5-18(29-23)15-25-13-16-11-21(22(27)12-17(16)14-25)26-7-9-28-10-8-26/h1-6,16-17,21-22,27H,7-15H2/t16-,17+,21-,22-/m1/s1. The van der Waals surface area contributed by atoms with Gasteiger partial charge in [-0.15, -0.1) is 0 Å². The Kier molecular flexibility index (Phi) is 5.67. The average molecular weight is 417 g/mol. The highest BCUT2D eigenvalue weighted by Gasteiger charge is 2.43. The lowest BCUT2D eigenvalue weighted by Crippen LogP contribution is -2.53. The van der Waals surface area contributed by atoms with Crippen LogP contribution < -0.4 is 0 Å². The van der Waals surface area contributed by atoms with Crippen molar-refractivity contribution in [2.75, 3.05) is 39.4 Å². The first-order valence-corrected chi connectivity index (χ1v) is 11.1. The van der Waals surface area contributed by atoms with E-state index in [2.05, 4.69) is 15.9 Å². The van der Waals surface area contributed by atoms with E-state index >= 15 is 0 Å². The highest BCUT2D eigenvalue weighted by molar-refractivity contribution is 6.33. The quantitative estimate of drug-likeness (QED) is 0.826. The molecule has 0 amide bonds. The number of hydrogen-bond donors (Lipinski definition) is 1. The molecule has 0 spiro atoms. The molecule has 3 fully saturated rings. The van der Waals surface area contributed by atoms with Gasteiger partial charge in [0.2, 0.25) is 0 Å². The first-order chi connectivity index (χ1) is 14.2. The second kappa shape index (κ2) is 8.40. The van der Waals surface area contributed by atoms with E-state index in [0.717, 1.165) is 75.9 Å². The molecule has 2 aliphatic heterocycles. The highest BCUT2D eigenvalue weighted by Crippen LogP contribution is 2.39. The number of fused-ring (bicyclic) bond motifs is 1. The summed E-state index contributed by atoms with van der Waals surface area (Å²) < 4.78 is 11.6. The molecule has 2 aromatic rings. The van der Waals surface area contributed by atoms with Gasteiger partial charge in [-0.3, -0.25) is 9.80 Å². The summed E-state index contributed by atoms with van der Waals surface area (Å²) in [6, 6.07) is 12.1. The minimum Gasteiger partial charge on any atom is -0.460 e. The van der Waals surface area contributed by atoms with Crippen molar-refractivity contribution in [1.29, 1.82) is 0 Å². The molecule has 3 heterocycles. The van der Waals surface area contributed by atoms with Gasteiger partial charge in [-0.2, -0.15) is 0 Å². The van der Waals surface area contributed by atoms with Gasteiger partial charge < -0.3 is 14.3 Å². The molecule has 6 heteroatoms. The van der Waals surface area contributed by atoms with Crippen LogP contribution in [0.4, 0.5) is 0 Å². The third-order valence-electron chi connectivity index (χ3n) is 6.88. The van der Waals surface area contributed by atoms with E-state index in [4.69, 9.17) is 20.8 Å². The first kappa shape index (κ1) is 19.6. The molecule has 0 bridgehead atoms. The Morgan fingerprint density at radius 3 is 2.55 bits per heavy atom. The van der Waals surface area contributed by atoms with Gasteiger partial charge in [0.1, 0.15) is 11.5 Å². The SMILES string of the molecule is O[C@@H]1C[C@H]2CN(Cc3ccc(-c4ccccc4Cl)o3)C[C@H]2C[C@H]1N1CCOCC1. The molecule has 156 valence electrons. The number of rotatable bonds is 4. The van der Waals surface area contributed by atoms with E-state index in [1.165, 1.54) is 0 Å². The summed E-state index contributed by atoms with van der Waals surface area (Å²) in [6.45, 7) is 6.40. The van der Waals surface area contributed by atoms with Crippen molar-refractivity contribution in [1.82, 2.24) is 9.80 Å². The van der Waals surface area contributed by atoms with Crippen LogP contribution in [0.5, 0.6) is 0 Å². The van der Waals surface area contributed by atoms with Crippen LogP contribution in [0, 0.1) is 11.8 Å². The number of hydrogen-bond acceptors (Lipinski definition) is 5. The predicted molar refractivity (Wildman–Crippen MR) is 113 cm³/mol. The molecule has 4 atom stereocenters. The number of morpholine rings is 1. The van der Waals surface area contributed by atoms with Gasteiger partial charge in [-0.05, 0) is 48.9 Å². The summed E-state index contributed by atoms with van der Waals surface area (Å²) >= 11 is 6.31. The van der Waals surface area contributed by atoms with Crippen molar-refractivity contribution in [3.63, 3.8) is 0 Å². The third-order valence-corrected chi connectivity index (χ3v) is 7.21. The maximum absolute atomic E-state index is 10.8. The summed E-state index contributed by atoms with van der Waals surface area (Å²) in [6.07, 6.45) is 1.78. The van der Waals surface area contributed by atoms with Crippen LogP contribution in [0.3, 0.4) is 0 Å². The Morgan fingerprint density at radius 2 is 1.76 bits per heavy atom. The molecule has 1 N–H and O–H groups in total. The maximum atomic E-state index is 10.8. The Balaban J connectivity index is 1.22. The van der Waals surface area contributed by atoms with Crippen LogP contribution in [-0.2, 0) is 11.3 Å². The number of aliphatic hydroxyl groups is 1. The Hall–Kier alpha value is -1.37. The lowest BCUT2D eigenvalue weighted by Gasteiger charge is -2.43. The second-order valence-electron chi connectivity index (χ2n) is 8.71. The smallest absolute Gasteiger partial charge is 0.135 e. The first-order valence-electron chi connectivity index (χ1n) is 10.7. The molecule has 0 radical (unpaired) electrons. The second-order valence-corrected chi connectivity index (χ2v) is 9.12. The van der Waals surface area contributed by atoms with Gasteiger partial charge in [-0.1, -0.05) is 23.7 Å². The van der Waals surface area contributed by atoms with Crippen molar-refractivity contribution in [3.8, 4) is 11.3 Å². The van der Waals surface area contributed by atoms with E-state index in [0.29, 0.717) is 16.9 Å². The van der Waals surface area contributed by atoms with Gasteiger partial charge in [0.15, 0.2) is 0 Å². The van der Waals surface area contributed by atoms with Crippen molar-refractivity contribution < 1.29 is 14.3 Å². The number of aliphatic hydroxyl groups excluding tert-OH is 1. The van der Waals surface area contributed by atoms with Crippen LogP contribution in [0.25, 0.3) is 11.3 Å². The van der Waals surface area contributed by atoms with E-state index in [1.54, 1.807) is 0 Å². The summed E-state index contributed by atoms with van der Waals surface area (Å²) in [5.41, 5.74) is 0.937. The number of ether oxygens (including phenoxy) is 1. The van der Waals surface area contributed by atoms with Gasteiger partial charge in [0.05, 0.1) is 30.9 Å². The zero-order chi connectivity index (χ0) is 19.8. The normalized spacial score (nSPS) is 31.1. The highest BCUT2D eigenvalue weighted by atomic mass is 35.5. The van der Waals surface area contributed by atoms with E-state index < -0.39 is 0 Å². The third kappa shape index (κ3) is 4.12. The molecule has 1 aromatic carbocycles. The molecular weight excluding hydrogens is 388 g/mol. The lowest BCUT2D eigenvalue weighted by atomic mass is 9.77. The molecule has 5 rings (SSSR count). The Bertz CT molecular complexity index is 835. The molecular formula is C23H29ClN2O3. The number of benzene rings is 1. The van der Waals surface area contributed by atoms with Crippen molar-refractivity contribution in [2.24, 2.45) is 11.8 Å². The molecule has 2 saturated heterocycles. The molecule has 1 aliphatic carbocycles. The van der Waals surface area contributed by atoms with Crippen LogP contribution in [-0.4, -0.2) is 66.4 Å². The summed E-state index contributed by atoms with van der Waals surface area (Å²) in [4.78, 5) is 4.93. The minimum absolute atomic E-state index is 0.218. The van der Waals surface area contributed by atoms with E-state index in [1.807, 2.05) is 30.3 Å². The molecule has 3 aliphatic rings. The maximum Gasteiger partial charge on any atom is 0.135 e. The number of likely N-dealkylation sites (tertiary alicyclic amines) is 1. The molecule has 5 nitrogen and oxygen atoms in total. The molecule has 1 aromatic heterocycles. The number of halogens is 1. The lowest BCUT2D eigenvalue weighted by molar-refractivity contribution is -0.0520. The van der Waals surface area contributed by atoms with Crippen LogP contribution >= 0.6 is 11.6 Å². The molecule has 1 saturated carbocycles. The molecule has 29 heavy (non-hydrogen) atoms. The van der Waals surface area contributed by atoms with Crippen molar-refractivity contribution in [3.05, 3.63) is 47.2 Å². The number of furan rings is 1. The van der Waals surface area contributed by atoms with Crippen LogP contribution in [0.2, 0.25) is 5.02 Å². The zero-order valence-corrected chi connectivity index (χ0v) is 17.4. The van der Waals surface area contributed by atoms with E-state index in [9.17, 15) is 5.11 Å². The predicted octanol–water partition coefficient (Wildman–Crippen LogP) is 3.50. The average Bonchev–Trinajstić information content (AvgIpc) is 3.35. The Morgan fingerprint density at radius 1 is 1.00 bits per heavy atom. The largest absolute Gasteiger partial charge is 0.460 e. The minimum atomic E-state index is -0.218. The van der Waals surface area contributed by atoms with Crippen LogP contribution in [0.15, 0.2) is 40.8 Å². The zero-order valence-electron chi connectivity index (χ0n) is 16.7. The van der Waals surface area contributed by atoms with Gasteiger partial charge in [0.25, 0.3) is 0 Å².